The van der Waals surface area contributed by atoms with Crippen LogP contribution < -0.4 is 15.2 Å². The van der Waals surface area contributed by atoms with Crippen molar-refractivity contribution < 1.29 is 23.6 Å². The summed E-state index contributed by atoms with van der Waals surface area (Å²) in [6, 6.07) is 8.94. The van der Waals surface area contributed by atoms with Crippen LogP contribution >= 0.6 is 11.8 Å². The van der Waals surface area contributed by atoms with E-state index in [1.165, 1.54) is 49.4 Å². The molecule has 1 aromatic carbocycles. The van der Waals surface area contributed by atoms with Crippen LogP contribution in [-0.4, -0.2) is 49.9 Å². The van der Waals surface area contributed by atoms with Gasteiger partial charge >= 0.3 is 5.97 Å². The minimum absolute atomic E-state index is 0.191. The van der Waals surface area contributed by atoms with Gasteiger partial charge < -0.3 is 25.3 Å². The minimum atomic E-state index is -0.964. The third kappa shape index (κ3) is 10.5. The Morgan fingerprint density at radius 2 is 1.91 bits per heavy atom. The van der Waals surface area contributed by atoms with Crippen LogP contribution in [0.15, 0.2) is 41.6 Å². The molecular formula is C25H38N2O5S2. The Hall–Kier alpha value is -1.97. The van der Waals surface area contributed by atoms with Crippen molar-refractivity contribution in [2.24, 2.45) is 5.73 Å². The Morgan fingerprint density at radius 1 is 1.18 bits per heavy atom. The van der Waals surface area contributed by atoms with Crippen LogP contribution in [0.1, 0.15) is 57.9 Å². The molecule has 190 valence electrons. The molecule has 2 aromatic rings. The Morgan fingerprint density at radius 3 is 2.62 bits per heavy atom. The highest BCUT2D eigenvalue weighted by Crippen LogP contribution is 2.33. The largest absolute Gasteiger partial charge is 0.480 e. The van der Waals surface area contributed by atoms with E-state index in [0.717, 1.165) is 35.1 Å². The van der Waals surface area contributed by atoms with Gasteiger partial charge in [-0.1, -0.05) is 52.0 Å². The highest BCUT2D eigenvalue weighted by molar-refractivity contribution is 7.99. The first-order valence-electron chi connectivity index (χ1n) is 11.9. The fourth-order valence-electron chi connectivity index (χ4n) is 3.37. The summed E-state index contributed by atoms with van der Waals surface area (Å²) in [5.41, 5.74) is 6.47. The molecule has 34 heavy (non-hydrogen) atoms. The maximum Gasteiger partial charge on any atom is 0.321 e. The average molecular weight is 511 g/mol. The van der Waals surface area contributed by atoms with Crippen molar-refractivity contribution in [2.45, 2.75) is 75.1 Å². The van der Waals surface area contributed by atoms with Crippen molar-refractivity contribution in [3.8, 4) is 11.5 Å². The first kappa shape index (κ1) is 28.3. The third-order valence-electron chi connectivity index (χ3n) is 5.41. The van der Waals surface area contributed by atoms with Gasteiger partial charge in [0.25, 0.3) is 0 Å². The molecular weight excluding hydrogens is 472 g/mol. The van der Waals surface area contributed by atoms with E-state index < -0.39 is 22.8 Å². The molecule has 3 rings (SSSR count). The monoisotopic (exact) mass is 510 g/mol. The molecule has 1 aliphatic heterocycles. The van der Waals surface area contributed by atoms with Gasteiger partial charge in [-0.05, 0) is 42.7 Å². The molecule has 2 unspecified atom stereocenters. The van der Waals surface area contributed by atoms with Gasteiger partial charge in [0.05, 0.1) is 5.03 Å². The standard InChI is InChI=1S/C18H28O3S.C7H10N2O2S/c1-3-4-5-6-7-8-11-22(19)15(2)12-16-9-10-17-18(13-16)21-14-20-17;8-5(7(10)11)4-12-6-2-1-3-9-6/h9-10,13,15H,3-8,11-12,14H2,1-2H3;1-3,5,9H,4,8H2,(H,10,11)/t;5-/m.0/s1. The van der Waals surface area contributed by atoms with Crippen LogP contribution in [0.3, 0.4) is 0 Å². The lowest BCUT2D eigenvalue weighted by molar-refractivity contribution is -0.137. The number of fused-ring (bicyclic) bond motifs is 1. The molecule has 0 aliphatic carbocycles. The molecule has 2 heterocycles. The van der Waals surface area contributed by atoms with E-state index in [0.29, 0.717) is 12.5 Å². The number of aromatic nitrogens is 1. The van der Waals surface area contributed by atoms with E-state index in [1.807, 2.05) is 30.3 Å². The molecule has 0 amide bonds. The number of hydrogen-bond donors (Lipinski definition) is 3. The fourth-order valence-corrected chi connectivity index (χ4v) is 5.47. The minimum Gasteiger partial charge on any atom is -0.480 e. The first-order chi connectivity index (χ1) is 16.4. The number of hydrogen-bond acceptors (Lipinski definition) is 6. The second kappa shape index (κ2) is 15.8. The van der Waals surface area contributed by atoms with Crippen LogP contribution in [-0.2, 0) is 22.0 Å². The Balaban J connectivity index is 0.000000287. The molecule has 0 radical (unpaired) electrons. The van der Waals surface area contributed by atoms with Crippen molar-refractivity contribution in [3.05, 3.63) is 42.1 Å². The number of aromatic amines is 1. The summed E-state index contributed by atoms with van der Waals surface area (Å²) in [6.45, 7) is 4.61. The van der Waals surface area contributed by atoms with Gasteiger partial charge in [0.1, 0.15) is 6.04 Å². The van der Waals surface area contributed by atoms with Crippen LogP contribution in [0.5, 0.6) is 11.5 Å². The summed E-state index contributed by atoms with van der Waals surface area (Å²) in [5.74, 6) is 1.87. The van der Waals surface area contributed by atoms with E-state index in [4.69, 9.17) is 20.3 Å². The molecule has 0 spiro atoms. The quantitative estimate of drug-likeness (QED) is 0.243. The number of unbranched alkanes of at least 4 members (excludes halogenated alkanes) is 5. The Bertz CT molecular complexity index is 876. The predicted octanol–water partition coefficient (Wildman–Crippen LogP) is 4.97. The zero-order chi connectivity index (χ0) is 24.8. The molecule has 0 saturated heterocycles. The van der Waals surface area contributed by atoms with Crippen molar-refractivity contribution >= 4 is 28.5 Å². The number of carboxylic acids is 1. The summed E-state index contributed by atoms with van der Waals surface area (Å²) in [5, 5.41) is 9.59. The van der Waals surface area contributed by atoms with Crippen LogP contribution in [0.4, 0.5) is 0 Å². The van der Waals surface area contributed by atoms with Crippen LogP contribution in [0.2, 0.25) is 0 Å². The maximum atomic E-state index is 12.3. The van der Waals surface area contributed by atoms with Gasteiger partial charge in [-0.3, -0.25) is 9.00 Å². The number of thioether (sulfide) groups is 1. The summed E-state index contributed by atoms with van der Waals surface area (Å²) in [6.07, 6.45) is 10.1. The zero-order valence-electron chi connectivity index (χ0n) is 20.2. The number of benzene rings is 1. The molecule has 1 aromatic heterocycles. The number of carboxylic acid groups (broad SMARTS) is 1. The fraction of sp³-hybridized carbons (Fsp3) is 0.560. The summed E-state index contributed by atoms with van der Waals surface area (Å²) in [4.78, 5) is 13.3. The van der Waals surface area contributed by atoms with Crippen molar-refractivity contribution in [3.63, 3.8) is 0 Å². The number of ether oxygens (including phenoxy) is 2. The van der Waals surface area contributed by atoms with Gasteiger partial charge in [-0.25, -0.2) is 0 Å². The number of aliphatic carboxylic acids is 1. The van der Waals surface area contributed by atoms with Gasteiger partial charge in [0.15, 0.2) is 11.5 Å². The third-order valence-corrected chi connectivity index (χ3v) is 8.26. The normalized spacial score (nSPS) is 14.7. The smallest absolute Gasteiger partial charge is 0.321 e. The average Bonchev–Trinajstić information content (AvgIpc) is 3.51. The summed E-state index contributed by atoms with van der Waals surface area (Å²) < 4.78 is 23.0. The van der Waals surface area contributed by atoms with Gasteiger partial charge in [-0.15, -0.1) is 11.8 Å². The Kier molecular flexibility index (Phi) is 13.2. The summed E-state index contributed by atoms with van der Waals surface area (Å²) in [7, 11) is -0.743. The zero-order valence-corrected chi connectivity index (χ0v) is 21.8. The lowest BCUT2D eigenvalue weighted by Crippen LogP contribution is -2.32. The predicted molar refractivity (Wildman–Crippen MR) is 139 cm³/mol. The highest BCUT2D eigenvalue weighted by Gasteiger charge is 2.16. The molecule has 7 nitrogen and oxygen atoms in total. The molecule has 0 fully saturated rings. The van der Waals surface area contributed by atoms with Gasteiger partial charge in [-0.2, -0.15) is 0 Å². The molecule has 4 N–H and O–H groups in total. The van der Waals surface area contributed by atoms with E-state index in [2.05, 4.69) is 18.8 Å². The topological polar surface area (TPSA) is 115 Å². The lowest BCUT2D eigenvalue weighted by Gasteiger charge is -2.12. The van der Waals surface area contributed by atoms with E-state index in [1.54, 1.807) is 6.20 Å². The summed E-state index contributed by atoms with van der Waals surface area (Å²) >= 11 is 1.40. The number of nitrogens with two attached hydrogens (primary N) is 1. The van der Waals surface area contributed by atoms with E-state index in [-0.39, 0.29) is 5.25 Å². The number of H-pyrrole nitrogens is 1. The van der Waals surface area contributed by atoms with Crippen molar-refractivity contribution in [2.75, 3.05) is 18.3 Å². The van der Waals surface area contributed by atoms with Crippen LogP contribution in [0.25, 0.3) is 0 Å². The second-order valence-corrected chi connectivity index (χ2v) is 11.4. The number of rotatable bonds is 14. The van der Waals surface area contributed by atoms with E-state index in [9.17, 15) is 9.00 Å². The number of carbonyl (C=O) groups is 1. The molecule has 1 aliphatic rings. The molecule has 9 heteroatoms. The van der Waals surface area contributed by atoms with E-state index >= 15 is 0 Å². The SMILES string of the molecule is CCCCCCCCS(=O)C(C)Cc1ccc2c(c1)OCO2.N[C@@H](CSc1ccc[nH]1)C(=O)O. The first-order valence-corrected chi connectivity index (χ1v) is 14.3. The van der Waals surface area contributed by atoms with Crippen molar-refractivity contribution in [1.82, 2.24) is 4.98 Å². The van der Waals surface area contributed by atoms with Crippen molar-refractivity contribution in [1.29, 1.82) is 0 Å². The van der Waals surface area contributed by atoms with Crippen LogP contribution in [0, 0.1) is 0 Å². The highest BCUT2D eigenvalue weighted by atomic mass is 32.2. The lowest BCUT2D eigenvalue weighted by atomic mass is 10.1. The Labute approximate surface area is 209 Å². The van der Waals surface area contributed by atoms with Gasteiger partial charge in [0.2, 0.25) is 6.79 Å². The second-order valence-electron chi connectivity index (χ2n) is 8.35. The molecule has 0 saturated carbocycles. The molecule has 3 atom stereocenters. The van der Waals surface area contributed by atoms with Gasteiger partial charge in [0, 0.05) is 33.8 Å². The maximum absolute atomic E-state index is 12.3. The number of nitrogens with one attached hydrogen (secondary N) is 1. The molecule has 0 bridgehead atoms.